The second-order valence-corrected chi connectivity index (χ2v) is 2.93. The SMILES string of the molecule is CC(C)(NCC(N)=NO)C(N)=O. The predicted octanol–water partition coefficient (Wildman–Crippen LogP) is -1.41. The molecule has 0 rings (SSSR count). The summed E-state index contributed by atoms with van der Waals surface area (Å²) in [5.74, 6) is -0.488. The standard InChI is InChI=1S/C6H14N4O2/c1-6(2,5(8)11)9-3-4(7)10-12/h9,12H,3H2,1-2H3,(H2,7,10)(H2,8,11). The maximum atomic E-state index is 10.7. The zero-order valence-corrected chi connectivity index (χ0v) is 7.16. The van der Waals surface area contributed by atoms with Crippen LogP contribution in [0.2, 0.25) is 0 Å². The molecule has 0 spiro atoms. The highest BCUT2D eigenvalue weighted by atomic mass is 16.4. The lowest BCUT2D eigenvalue weighted by molar-refractivity contribution is -0.123. The molecule has 12 heavy (non-hydrogen) atoms. The zero-order valence-electron chi connectivity index (χ0n) is 7.16. The minimum atomic E-state index is -0.852. The Morgan fingerprint density at radius 2 is 2.08 bits per heavy atom. The summed E-state index contributed by atoms with van der Waals surface area (Å²) in [6.45, 7) is 3.34. The summed E-state index contributed by atoms with van der Waals surface area (Å²) >= 11 is 0. The number of amides is 1. The van der Waals surface area contributed by atoms with E-state index in [1.807, 2.05) is 0 Å². The number of amidine groups is 1. The fourth-order valence-electron chi connectivity index (χ4n) is 0.434. The molecule has 0 heterocycles. The number of hydrogen-bond acceptors (Lipinski definition) is 4. The topological polar surface area (TPSA) is 114 Å². The number of oxime groups is 1. The summed E-state index contributed by atoms with van der Waals surface area (Å²) in [5, 5.41) is 13.6. The fourth-order valence-corrected chi connectivity index (χ4v) is 0.434. The van der Waals surface area contributed by atoms with E-state index in [-0.39, 0.29) is 12.4 Å². The zero-order chi connectivity index (χ0) is 9.78. The summed E-state index contributed by atoms with van der Waals surface area (Å²) in [4.78, 5) is 10.7. The highest BCUT2D eigenvalue weighted by Crippen LogP contribution is 1.98. The van der Waals surface area contributed by atoms with Gasteiger partial charge < -0.3 is 16.7 Å². The van der Waals surface area contributed by atoms with Gasteiger partial charge >= 0.3 is 0 Å². The largest absolute Gasteiger partial charge is 0.409 e. The van der Waals surface area contributed by atoms with Gasteiger partial charge in [0.25, 0.3) is 0 Å². The molecule has 0 saturated carbocycles. The minimum Gasteiger partial charge on any atom is -0.409 e. The van der Waals surface area contributed by atoms with Gasteiger partial charge in [-0.25, -0.2) is 0 Å². The molecular weight excluding hydrogens is 160 g/mol. The van der Waals surface area contributed by atoms with Crippen LogP contribution in [-0.2, 0) is 4.79 Å². The third-order valence-electron chi connectivity index (χ3n) is 1.46. The van der Waals surface area contributed by atoms with Crippen LogP contribution in [0.25, 0.3) is 0 Å². The van der Waals surface area contributed by atoms with Crippen LogP contribution in [-0.4, -0.2) is 29.0 Å². The van der Waals surface area contributed by atoms with E-state index < -0.39 is 11.4 Å². The summed E-state index contributed by atoms with van der Waals surface area (Å²) in [5.41, 5.74) is 9.37. The molecule has 6 N–H and O–H groups in total. The van der Waals surface area contributed by atoms with Crippen molar-refractivity contribution < 1.29 is 10.0 Å². The highest BCUT2D eigenvalue weighted by Gasteiger charge is 2.23. The van der Waals surface area contributed by atoms with E-state index >= 15 is 0 Å². The number of rotatable bonds is 4. The Morgan fingerprint density at radius 3 is 2.42 bits per heavy atom. The average Bonchev–Trinajstić information content (AvgIpc) is 2.00. The van der Waals surface area contributed by atoms with Crippen molar-refractivity contribution in [2.24, 2.45) is 16.6 Å². The Morgan fingerprint density at radius 1 is 1.58 bits per heavy atom. The van der Waals surface area contributed by atoms with Crippen LogP contribution < -0.4 is 16.8 Å². The molecule has 0 bridgehead atoms. The van der Waals surface area contributed by atoms with Crippen LogP contribution in [0.5, 0.6) is 0 Å². The molecule has 6 heteroatoms. The van der Waals surface area contributed by atoms with Gasteiger partial charge in [-0.3, -0.25) is 10.1 Å². The molecule has 0 aromatic carbocycles. The van der Waals surface area contributed by atoms with Gasteiger partial charge in [-0.2, -0.15) is 0 Å². The second kappa shape index (κ2) is 3.91. The van der Waals surface area contributed by atoms with Crippen molar-refractivity contribution in [2.75, 3.05) is 6.54 Å². The Bertz CT molecular complexity index is 200. The van der Waals surface area contributed by atoms with E-state index in [0.717, 1.165) is 0 Å². The van der Waals surface area contributed by atoms with Crippen molar-refractivity contribution in [3.8, 4) is 0 Å². The smallest absolute Gasteiger partial charge is 0.237 e. The van der Waals surface area contributed by atoms with E-state index in [1.165, 1.54) is 0 Å². The van der Waals surface area contributed by atoms with Crippen molar-refractivity contribution in [2.45, 2.75) is 19.4 Å². The van der Waals surface area contributed by atoms with Crippen molar-refractivity contribution in [1.82, 2.24) is 5.32 Å². The van der Waals surface area contributed by atoms with Gasteiger partial charge in [-0.1, -0.05) is 5.16 Å². The molecule has 0 atom stereocenters. The molecule has 0 unspecified atom stereocenters. The molecule has 0 fully saturated rings. The van der Waals surface area contributed by atoms with Gasteiger partial charge in [0.15, 0.2) is 5.84 Å². The number of carbonyl (C=O) groups is 1. The van der Waals surface area contributed by atoms with Crippen molar-refractivity contribution in [1.29, 1.82) is 0 Å². The quantitative estimate of drug-likeness (QED) is 0.181. The van der Waals surface area contributed by atoms with Gasteiger partial charge in [0.2, 0.25) is 5.91 Å². The van der Waals surface area contributed by atoms with E-state index in [2.05, 4.69) is 10.5 Å². The third kappa shape index (κ3) is 3.20. The van der Waals surface area contributed by atoms with E-state index in [4.69, 9.17) is 16.7 Å². The van der Waals surface area contributed by atoms with E-state index in [0.29, 0.717) is 0 Å². The summed E-state index contributed by atoms with van der Waals surface area (Å²) < 4.78 is 0. The lowest BCUT2D eigenvalue weighted by atomic mass is 10.1. The van der Waals surface area contributed by atoms with Crippen LogP contribution in [0.3, 0.4) is 0 Å². The van der Waals surface area contributed by atoms with Crippen LogP contribution in [0, 0.1) is 0 Å². The van der Waals surface area contributed by atoms with Gasteiger partial charge in [0.05, 0.1) is 12.1 Å². The first-order chi connectivity index (χ1) is 5.40. The van der Waals surface area contributed by atoms with Crippen molar-refractivity contribution >= 4 is 11.7 Å². The lowest BCUT2D eigenvalue weighted by Gasteiger charge is -2.21. The Kier molecular flexibility index (Phi) is 3.49. The molecule has 0 aromatic heterocycles. The molecule has 1 amide bonds. The highest BCUT2D eigenvalue weighted by molar-refractivity contribution is 5.86. The van der Waals surface area contributed by atoms with Crippen LogP contribution in [0.1, 0.15) is 13.8 Å². The van der Waals surface area contributed by atoms with Crippen LogP contribution >= 0.6 is 0 Å². The van der Waals surface area contributed by atoms with Crippen molar-refractivity contribution in [3.63, 3.8) is 0 Å². The number of carbonyl (C=O) groups excluding carboxylic acids is 1. The summed E-state index contributed by atoms with van der Waals surface area (Å²) in [7, 11) is 0. The predicted molar refractivity (Wildman–Crippen MR) is 44.7 cm³/mol. The first-order valence-electron chi connectivity index (χ1n) is 3.41. The molecule has 0 aliphatic rings. The summed E-state index contributed by atoms with van der Waals surface area (Å²) in [6, 6.07) is 0. The molecule has 70 valence electrons. The van der Waals surface area contributed by atoms with Gasteiger partial charge in [0, 0.05) is 0 Å². The molecular formula is C6H14N4O2. The number of hydrogen-bond donors (Lipinski definition) is 4. The van der Waals surface area contributed by atoms with Crippen LogP contribution in [0.15, 0.2) is 5.16 Å². The van der Waals surface area contributed by atoms with E-state index in [9.17, 15) is 4.79 Å². The molecule has 6 nitrogen and oxygen atoms in total. The van der Waals surface area contributed by atoms with Gasteiger partial charge in [-0.05, 0) is 13.8 Å². The fraction of sp³-hybridized carbons (Fsp3) is 0.667. The normalized spacial score (nSPS) is 13.0. The monoisotopic (exact) mass is 174 g/mol. The third-order valence-corrected chi connectivity index (χ3v) is 1.46. The molecule has 0 radical (unpaired) electrons. The first kappa shape index (κ1) is 10.7. The molecule has 0 saturated heterocycles. The Balaban J connectivity index is 4.01. The maximum Gasteiger partial charge on any atom is 0.237 e. The van der Waals surface area contributed by atoms with Gasteiger partial charge in [0.1, 0.15) is 0 Å². The van der Waals surface area contributed by atoms with Crippen molar-refractivity contribution in [3.05, 3.63) is 0 Å². The minimum absolute atomic E-state index is 0.00400. The maximum absolute atomic E-state index is 10.7. The van der Waals surface area contributed by atoms with Crippen LogP contribution in [0.4, 0.5) is 0 Å². The molecule has 0 aromatic rings. The summed E-state index contributed by atoms with van der Waals surface area (Å²) in [6.07, 6.45) is 0. The Labute approximate surface area is 70.6 Å². The molecule has 0 aliphatic carbocycles. The lowest BCUT2D eigenvalue weighted by Crippen LogP contribution is -2.52. The van der Waals surface area contributed by atoms with E-state index in [1.54, 1.807) is 13.8 Å². The number of nitrogens with two attached hydrogens (primary N) is 2. The number of primary amides is 1. The molecule has 0 aliphatic heterocycles. The second-order valence-electron chi connectivity index (χ2n) is 2.93. The van der Waals surface area contributed by atoms with Gasteiger partial charge in [-0.15, -0.1) is 0 Å². The number of nitrogens with one attached hydrogen (secondary N) is 1. The Hall–Kier alpha value is -1.30. The average molecular weight is 174 g/mol. The number of nitrogens with zero attached hydrogens (tertiary/aromatic N) is 1. The first-order valence-corrected chi connectivity index (χ1v) is 3.41.